The zero-order chi connectivity index (χ0) is 24.9. The van der Waals surface area contributed by atoms with Crippen LogP contribution in [0.4, 0.5) is 0 Å². The lowest BCUT2D eigenvalue weighted by molar-refractivity contribution is 0.0430. The molecule has 0 spiro atoms. The highest BCUT2D eigenvalue weighted by atomic mass is 16.5. The molecule has 0 bridgehead atoms. The van der Waals surface area contributed by atoms with Crippen LogP contribution < -0.4 is 0 Å². The number of hydrogen-bond donors (Lipinski definition) is 0. The third kappa shape index (κ3) is 14.4. The van der Waals surface area contributed by atoms with Crippen LogP contribution in [0.25, 0.3) is 0 Å². The SMILES string of the molecule is CCCCCCCCCCCCCCCCOC(=O)c1ccc(C(=O)OCC(CC)CC)cc1. The number of ether oxygens (including phenoxy) is 2. The second-order valence-corrected chi connectivity index (χ2v) is 9.59. The summed E-state index contributed by atoms with van der Waals surface area (Å²) < 4.78 is 10.8. The monoisotopic (exact) mass is 474 g/mol. The molecule has 0 unspecified atom stereocenters. The van der Waals surface area contributed by atoms with E-state index in [1.807, 2.05) is 0 Å². The van der Waals surface area contributed by atoms with E-state index in [1.54, 1.807) is 24.3 Å². The molecule has 0 fully saturated rings. The number of carbonyl (C=O) groups excluding carboxylic acids is 2. The first-order chi connectivity index (χ1) is 16.6. The average Bonchev–Trinajstić information content (AvgIpc) is 2.86. The van der Waals surface area contributed by atoms with Crippen LogP contribution in [0.3, 0.4) is 0 Å². The van der Waals surface area contributed by atoms with Gasteiger partial charge in [-0.15, -0.1) is 0 Å². The van der Waals surface area contributed by atoms with Gasteiger partial charge in [0.1, 0.15) is 0 Å². The number of hydrogen-bond acceptors (Lipinski definition) is 4. The fourth-order valence-electron chi connectivity index (χ4n) is 4.09. The van der Waals surface area contributed by atoms with Crippen molar-refractivity contribution in [3.05, 3.63) is 35.4 Å². The molecule has 0 amide bonds. The van der Waals surface area contributed by atoms with Crippen molar-refractivity contribution in [1.82, 2.24) is 0 Å². The smallest absolute Gasteiger partial charge is 0.338 e. The van der Waals surface area contributed by atoms with E-state index >= 15 is 0 Å². The van der Waals surface area contributed by atoms with E-state index in [-0.39, 0.29) is 11.9 Å². The van der Waals surface area contributed by atoms with Crippen molar-refractivity contribution in [2.45, 2.75) is 124 Å². The van der Waals surface area contributed by atoms with Gasteiger partial charge in [-0.2, -0.15) is 0 Å². The van der Waals surface area contributed by atoms with Gasteiger partial charge in [0.2, 0.25) is 0 Å². The van der Waals surface area contributed by atoms with Crippen LogP contribution in [0.1, 0.15) is 144 Å². The molecule has 34 heavy (non-hydrogen) atoms. The molecule has 0 radical (unpaired) electrons. The molecule has 0 aromatic heterocycles. The largest absolute Gasteiger partial charge is 0.462 e. The van der Waals surface area contributed by atoms with Crippen molar-refractivity contribution in [3.8, 4) is 0 Å². The molecular weight excluding hydrogens is 424 g/mol. The second-order valence-electron chi connectivity index (χ2n) is 9.59. The summed E-state index contributed by atoms with van der Waals surface area (Å²) in [7, 11) is 0. The van der Waals surface area contributed by atoms with Crippen molar-refractivity contribution in [2.24, 2.45) is 5.92 Å². The minimum atomic E-state index is -0.339. The highest BCUT2D eigenvalue weighted by Crippen LogP contribution is 2.14. The van der Waals surface area contributed by atoms with Gasteiger partial charge in [0.15, 0.2) is 0 Å². The number of rotatable bonds is 21. The lowest BCUT2D eigenvalue weighted by Gasteiger charge is -2.12. The van der Waals surface area contributed by atoms with Crippen LogP contribution in [0, 0.1) is 5.92 Å². The summed E-state index contributed by atoms with van der Waals surface area (Å²) in [6, 6.07) is 6.55. The summed E-state index contributed by atoms with van der Waals surface area (Å²) in [4.78, 5) is 24.4. The van der Waals surface area contributed by atoms with Crippen molar-refractivity contribution >= 4 is 11.9 Å². The number of benzene rings is 1. The van der Waals surface area contributed by atoms with Gasteiger partial charge in [0.05, 0.1) is 24.3 Å². The van der Waals surface area contributed by atoms with Crippen molar-refractivity contribution in [3.63, 3.8) is 0 Å². The summed E-state index contributed by atoms with van der Waals surface area (Å²) in [5.41, 5.74) is 0.941. The van der Waals surface area contributed by atoms with Gasteiger partial charge < -0.3 is 9.47 Å². The van der Waals surface area contributed by atoms with Crippen molar-refractivity contribution < 1.29 is 19.1 Å². The second kappa shape index (κ2) is 20.5. The van der Waals surface area contributed by atoms with E-state index in [0.717, 1.165) is 25.7 Å². The zero-order valence-corrected chi connectivity index (χ0v) is 22.2. The fraction of sp³-hybridized carbons (Fsp3) is 0.733. The number of carbonyl (C=O) groups is 2. The third-order valence-corrected chi connectivity index (χ3v) is 6.69. The Labute approximate surface area is 209 Å². The van der Waals surface area contributed by atoms with Crippen molar-refractivity contribution in [2.75, 3.05) is 13.2 Å². The molecule has 0 N–H and O–H groups in total. The van der Waals surface area contributed by atoms with E-state index in [1.165, 1.54) is 77.0 Å². The molecule has 1 aromatic carbocycles. The van der Waals surface area contributed by atoms with Gasteiger partial charge in [-0.05, 0) is 36.6 Å². The molecule has 1 aromatic rings. The minimum Gasteiger partial charge on any atom is -0.462 e. The van der Waals surface area contributed by atoms with E-state index in [0.29, 0.717) is 30.3 Å². The Balaban J connectivity index is 2.04. The Morgan fingerprint density at radius 2 is 0.971 bits per heavy atom. The first-order valence-electron chi connectivity index (χ1n) is 14.1. The summed E-state index contributed by atoms with van der Waals surface area (Å²) in [5, 5.41) is 0. The maximum Gasteiger partial charge on any atom is 0.338 e. The molecule has 0 heterocycles. The predicted octanol–water partition coefficient (Wildman–Crippen LogP) is 8.92. The number of esters is 2. The lowest BCUT2D eigenvalue weighted by Crippen LogP contribution is -2.13. The molecule has 0 saturated carbocycles. The van der Waals surface area contributed by atoms with E-state index in [9.17, 15) is 9.59 Å². The van der Waals surface area contributed by atoms with Gasteiger partial charge in [0.25, 0.3) is 0 Å². The molecule has 194 valence electrons. The summed E-state index contributed by atoms with van der Waals surface area (Å²) in [6.45, 7) is 7.36. The molecule has 4 nitrogen and oxygen atoms in total. The fourth-order valence-corrected chi connectivity index (χ4v) is 4.09. The summed E-state index contributed by atoms with van der Waals surface area (Å²) in [6.07, 6.45) is 20.3. The Morgan fingerprint density at radius 1 is 0.588 bits per heavy atom. The van der Waals surface area contributed by atoms with E-state index in [4.69, 9.17) is 9.47 Å². The van der Waals surface area contributed by atoms with Crippen LogP contribution in [0.5, 0.6) is 0 Å². The first kappa shape index (κ1) is 30.2. The van der Waals surface area contributed by atoms with Crippen LogP contribution >= 0.6 is 0 Å². The minimum absolute atomic E-state index is 0.327. The van der Waals surface area contributed by atoms with Gasteiger partial charge in [-0.3, -0.25) is 0 Å². The quantitative estimate of drug-likeness (QED) is 0.132. The van der Waals surface area contributed by atoms with Crippen LogP contribution in [0.2, 0.25) is 0 Å². The Hall–Kier alpha value is -1.84. The van der Waals surface area contributed by atoms with E-state index < -0.39 is 0 Å². The number of unbranched alkanes of at least 4 members (excludes halogenated alkanes) is 13. The Bertz CT molecular complexity index is 634. The maximum absolute atomic E-state index is 12.2. The van der Waals surface area contributed by atoms with Gasteiger partial charge in [-0.25, -0.2) is 9.59 Å². The molecule has 0 aliphatic rings. The zero-order valence-electron chi connectivity index (χ0n) is 22.2. The summed E-state index contributed by atoms with van der Waals surface area (Å²) >= 11 is 0. The van der Waals surface area contributed by atoms with Gasteiger partial charge >= 0.3 is 11.9 Å². The molecule has 4 heteroatoms. The highest BCUT2D eigenvalue weighted by molar-refractivity contribution is 5.93. The lowest BCUT2D eigenvalue weighted by atomic mass is 10.0. The molecule has 0 aliphatic carbocycles. The topological polar surface area (TPSA) is 52.6 Å². The van der Waals surface area contributed by atoms with Gasteiger partial charge in [-0.1, -0.05) is 117 Å². The standard InChI is InChI=1S/C30H50O4/c1-4-7-8-9-10-11-12-13-14-15-16-17-18-19-24-33-29(31)27-20-22-28(23-21-27)30(32)34-25-26(5-2)6-3/h20-23,26H,4-19,24-25H2,1-3H3. The highest BCUT2D eigenvalue weighted by Gasteiger charge is 2.13. The van der Waals surface area contributed by atoms with Crippen LogP contribution in [-0.4, -0.2) is 25.2 Å². The molecule has 1 rings (SSSR count). The van der Waals surface area contributed by atoms with Crippen LogP contribution in [-0.2, 0) is 9.47 Å². The van der Waals surface area contributed by atoms with Gasteiger partial charge in [0, 0.05) is 0 Å². The van der Waals surface area contributed by atoms with Crippen molar-refractivity contribution in [1.29, 1.82) is 0 Å². The van der Waals surface area contributed by atoms with E-state index in [2.05, 4.69) is 20.8 Å². The molecule has 0 aliphatic heterocycles. The molecule has 0 atom stereocenters. The first-order valence-corrected chi connectivity index (χ1v) is 14.1. The molecular formula is C30H50O4. The normalized spacial score (nSPS) is 11.1. The Morgan fingerprint density at radius 3 is 1.38 bits per heavy atom. The third-order valence-electron chi connectivity index (χ3n) is 6.69. The average molecular weight is 475 g/mol. The Kier molecular flexibility index (Phi) is 18.2. The predicted molar refractivity (Wildman–Crippen MR) is 141 cm³/mol. The maximum atomic E-state index is 12.2. The van der Waals surface area contributed by atoms with Crippen LogP contribution in [0.15, 0.2) is 24.3 Å². The summed E-state index contributed by atoms with van der Waals surface area (Å²) in [5.74, 6) is -0.269. The molecule has 0 saturated heterocycles.